The molecule has 3 nitrogen and oxygen atoms in total. The molecule has 2 saturated carbocycles. The molecule has 1 aromatic carbocycles. The molecule has 5 heteroatoms. The molecule has 0 saturated heterocycles. The molecule has 0 spiro atoms. The summed E-state index contributed by atoms with van der Waals surface area (Å²) in [6.45, 7) is 6.71. The summed E-state index contributed by atoms with van der Waals surface area (Å²) in [7, 11) is 0. The maximum absolute atomic E-state index is 15.2. The summed E-state index contributed by atoms with van der Waals surface area (Å²) in [5.74, 6) is -3.37. The van der Waals surface area contributed by atoms with Gasteiger partial charge >= 0.3 is 0 Å². The van der Waals surface area contributed by atoms with Crippen LogP contribution in [0.3, 0.4) is 0 Å². The van der Waals surface area contributed by atoms with Crippen molar-refractivity contribution in [3.63, 3.8) is 0 Å². The number of rotatable bonds is 4. The Morgan fingerprint density at radius 1 is 1.18 bits per heavy atom. The van der Waals surface area contributed by atoms with Gasteiger partial charge in [-0.25, -0.2) is 0 Å². The van der Waals surface area contributed by atoms with E-state index in [0.29, 0.717) is 37.3 Å². The Kier molecular flexibility index (Phi) is 5.36. The Hall–Kier alpha value is -2.40. The van der Waals surface area contributed by atoms with Crippen LogP contribution in [0, 0.1) is 17.3 Å². The molecule has 0 bridgehead atoms. The number of fused-ring (bicyclic) bond motifs is 4. The van der Waals surface area contributed by atoms with Crippen molar-refractivity contribution in [2.75, 3.05) is 0 Å². The Labute approximate surface area is 199 Å². The second kappa shape index (κ2) is 7.81. The molecule has 34 heavy (non-hydrogen) atoms. The van der Waals surface area contributed by atoms with E-state index in [-0.39, 0.29) is 35.7 Å². The highest BCUT2D eigenvalue weighted by Gasteiger charge is 2.70. The second-order valence-corrected chi connectivity index (χ2v) is 10.9. The number of aliphatic hydroxyl groups is 1. The number of alkyl halides is 2. The third-order valence-corrected chi connectivity index (χ3v) is 9.41. The van der Waals surface area contributed by atoms with Crippen molar-refractivity contribution in [3.05, 3.63) is 70.8 Å². The van der Waals surface area contributed by atoms with Gasteiger partial charge < -0.3 is 5.11 Å². The van der Waals surface area contributed by atoms with Crippen molar-refractivity contribution in [1.29, 1.82) is 0 Å². The largest absolute Gasteiger partial charge is 0.383 e. The van der Waals surface area contributed by atoms with Crippen LogP contribution < -0.4 is 0 Å². The van der Waals surface area contributed by atoms with Crippen LogP contribution in [-0.4, -0.2) is 28.2 Å². The van der Waals surface area contributed by atoms with Crippen LogP contribution >= 0.6 is 0 Å². The molecular weight excluding hydrogens is 434 g/mol. The van der Waals surface area contributed by atoms with Crippen molar-refractivity contribution < 1.29 is 23.5 Å². The smallest absolute Gasteiger partial charge is 0.294 e. The minimum atomic E-state index is -3.39. The Morgan fingerprint density at radius 3 is 2.53 bits per heavy atom. The summed E-state index contributed by atoms with van der Waals surface area (Å²) in [5.41, 5.74) is 2.04. The van der Waals surface area contributed by atoms with Gasteiger partial charge in [0.1, 0.15) is 5.60 Å². The van der Waals surface area contributed by atoms with Crippen molar-refractivity contribution in [1.82, 2.24) is 0 Å². The van der Waals surface area contributed by atoms with Crippen LogP contribution in [0.1, 0.15) is 80.6 Å². The minimum Gasteiger partial charge on any atom is -0.383 e. The molecule has 0 aliphatic heterocycles. The van der Waals surface area contributed by atoms with E-state index in [9.17, 15) is 14.7 Å². The van der Waals surface area contributed by atoms with Crippen LogP contribution in [0.4, 0.5) is 8.78 Å². The number of benzene rings is 1. The van der Waals surface area contributed by atoms with Gasteiger partial charge in [-0.2, -0.15) is 8.78 Å². The SMILES string of the molecule is C=CC(F)(F)[C@]1(O)CCC2C3CCC4=CC(=O)CCC4=C3[C@@H](c3ccc(C(C)=O)cc3)C[C@@]21C. The number of carbonyl (C=O) groups is 2. The first kappa shape index (κ1) is 23.3. The summed E-state index contributed by atoms with van der Waals surface area (Å²) < 4.78 is 30.4. The first-order chi connectivity index (χ1) is 16.0. The Balaban J connectivity index is 1.69. The number of Topliss-reactive ketones (excluding diaryl/α,β-unsaturated/α-hetero) is 1. The van der Waals surface area contributed by atoms with Crippen LogP contribution in [0.25, 0.3) is 0 Å². The maximum Gasteiger partial charge on any atom is 0.294 e. The average molecular weight is 467 g/mol. The standard InChI is InChI=1S/C29H32F2O3/c1-4-29(30,31)28(34)14-13-25-23-11-9-20-15-21(33)10-12-22(20)26(23)24(16-27(25,28)3)19-7-5-18(6-8-19)17(2)32/h4-8,15,23-25,34H,1,9-14,16H2,2-3H3/t23?,24-,25?,27+,28+/m1/s1. The van der Waals surface area contributed by atoms with Crippen molar-refractivity contribution in [2.45, 2.75) is 76.2 Å². The quantitative estimate of drug-likeness (QED) is 0.416. The number of hydrogen-bond donors (Lipinski definition) is 1. The van der Waals surface area contributed by atoms with E-state index >= 15 is 8.78 Å². The van der Waals surface area contributed by atoms with E-state index in [2.05, 4.69) is 6.58 Å². The molecule has 1 aromatic rings. The molecule has 0 radical (unpaired) electrons. The van der Waals surface area contributed by atoms with E-state index in [0.717, 1.165) is 24.0 Å². The molecule has 1 N–H and O–H groups in total. The van der Waals surface area contributed by atoms with Gasteiger partial charge in [-0.15, -0.1) is 0 Å². The van der Waals surface area contributed by atoms with E-state index in [4.69, 9.17) is 0 Å². The highest BCUT2D eigenvalue weighted by Crippen LogP contribution is 2.69. The van der Waals surface area contributed by atoms with E-state index in [1.807, 2.05) is 19.1 Å². The molecule has 2 fully saturated rings. The predicted molar refractivity (Wildman–Crippen MR) is 127 cm³/mol. The number of allylic oxidation sites excluding steroid dienone is 4. The molecule has 180 valence electrons. The monoisotopic (exact) mass is 466 g/mol. The zero-order chi connectivity index (χ0) is 24.5. The summed E-state index contributed by atoms with van der Waals surface area (Å²) in [6, 6.07) is 7.47. The van der Waals surface area contributed by atoms with Gasteiger partial charge in [-0.1, -0.05) is 43.3 Å². The number of hydrogen-bond acceptors (Lipinski definition) is 3. The predicted octanol–water partition coefficient (Wildman–Crippen LogP) is 6.34. The molecular formula is C29H32F2O3. The molecule has 0 heterocycles. The molecule has 4 aliphatic rings. The first-order valence-corrected chi connectivity index (χ1v) is 12.3. The van der Waals surface area contributed by atoms with Crippen LogP contribution in [0.15, 0.2) is 59.7 Å². The summed E-state index contributed by atoms with van der Waals surface area (Å²) in [5, 5.41) is 11.6. The van der Waals surface area contributed by atoms with Crippen molar-refractivity contribution in [3.8, 4) is 0 Å². The van der Waals surface area contributed by atoms with Gasteiger partial charge in [0.15, 0.2) is 11.6 Å². The lowest BCUT2D eigenvalue weighted by molar-refractivity contribution is -0.213. The fourth-order valence-electron chi connectivity index (χ4n) is 7.63. The lowest BCUT2D eigenvalue weighted by Gasteiger charge is -2.55. The van der Waals surface area contributed by atoms with Crippen LogP contribution in [0.5, 0.6) is 0 Å². The fraction of sp³-hybridized carbons (Fsp3) is 0.517. The summed E-state index contributed by atoms with van der Waals surface area (Å²) in [4.78, 5) is 24.0. The highest BCUT2D eigenvalue weighted by molar-refractivity contribution is 5.94. The van der Waals surface area contributed by atoms with Gasteiger partial charge in [0.05, 0.1) is 0 Å². The van der Waals surface area contributed by atoms with Crippen LogP contribution in [0.2, 0.25) is 0 Å². The zero-order valence-corrected chi connectivity index (χ0v) is 19.9. The molecule has 2 unspecified atom stereocenters. The van der Waals surface area contributed by atoms with Gasteiger partial charge in [-0.05, 0) is 86.1 Å². The minimum absolute atomic E-state index is 0.0217. The third-order valence-electron chi connectivity index (χ3n) is 9.41. The van der Waals surface area contributed by atoms with E-state index < -0.39 is 16.9 Å². The number of halogens is 2. The van der Waals surface area contributed by atoms with Gasteiger partial charge in [-0.3, -0.25) is 9.59 Å². The number of carbonyl (C=O) groups excluding carboxylic acids is 2. The van der Waals surface area contributed by atoms with Crippen LogP contribution in [-0.2, 0) is 4.79 Å². The van der Waals surface area contributed by atoms with E-state index in [1.165, 1.54) is 18.1 Å². The molecule has 5 rings (SSSR count). The number of ketones is 2. The second-order valence-electron chi connectivity index (χ2n) is 10.9. The van der Waals surface area contributed by atoms with Gasteiger partial charge in [0.2, 0.25) is 0 Å². The van der Waals surface area contributed by atoms with Gasteiger partial charge in [0, 0.05) is 23.3 Å². The molecule has 5 atom stereocenters. The lowest BCUT2D eigenvalue weighted by Crippen LogP contribution is -2.59. The molecule has 0 aromatic heterocycles. The van der Waals surface area contributed by atoms with Crippen molar-refractivity contribution in [2.24, 2.45) is 17.3 Å². The van der Waals surface area contributed by atoms with Crippen molar-refractivity contribution >= 4 is 11.6 Å². The highest BCUT2D eigenvalue weighted by atomic mass is 19.3. The summed E-state index contributed by atoms with van der Waals surface area (Å²) >= 11 is 0. The van der Waals surface area contributed by atoms with Gasteiger partial charge in [0.25, 0.3) is 5.92 Å². The Morgan fingerprint density at radius 2 is 1.88 bits per heavy atom. The fourth-order valence-corrected chi connectivity index (χ4v) is 7.63. The zero-order valence-electron chi connectivity index (χ0n) is 19.9. The topological polar surface area (TPSA) is 54.4 Å². The maximum atomic E-state index is 15.2. The lowest BCUT2D eigenvalue weighted by atomic mass is 9.50. The first-order valence-electron chi connectivity index (χ1n) is 12.3. The summed E-state index contributed by atoms with van der Waals surface area (Å²) in [6.07, 6.45) is 6.12. The van der Waals surface area contributed by atoms with E-state index in [1.54, 1.807) is 18.2 Å². The average Bonchev–Trinajstić information content (AvgIpc) is 3.10. The normalized spacial score (nSPS) is 35.3. The molecule has 0 amide bonds. The Bertz CT molecular complexity index is 1130. The molecule has 4 aliphatic carbocycles. The third kappa shape index (κ3) is 3.16.